The zero-order valence-corrected chi connectivity index (χ0v) is 16.8. The molecule has 0 aliphatic rings. The molecule has 3 aromatic rings. The minimum absolute atomic E-state index is 0.00423. The summed E-state index contributed by atoms with van der Waals surface area (Å²) >= 11 is 1.65. The minimum atomic E-state index is -0.00423. The van der Waals surface area contributed by atoms with E-state index in [-0.39, 0.29) is 11.7 Å². The summed E-state index contributed by atoms with van der Waals surface area (Å²) in [7, 11) is 0. The molecule has 1 heterocycles. The third-order valence-corrected chi connectivity index (χ3v) is 5.28. The van der Waals surface area contributed by atoms with Crippen LogP contribution in [-0.4, -0.2) is 23.2 Å². The number of rotatable bonds is 9. The molecule has 0 saturated heterocycles. The summed E-state index contributed by atoms with van der Waals surface area (Å²) in [5.74, 6) is 0.0826. The largest absolute Gasteiger partial charge is 0.356 e. The first-order valence-electron chi connectivity index (χ1n) is 9.48. The molecule has 28 heavy (non-hydrogen) atoms. The Morgan fingerprint density at radius 1 is 1.00 bits per heavy atom. The summed E-state index contributed by atoms with van der Waals surface area (Å²) in [6, 6.07) is 17.5. The van der Waals surface area contributed by atoms with Gasteiger partial charge in [-0.05, 0) is 25.3 Å². The third kappa shape index (κ3) is 5.86. The number of carbonyl (C=O) groups is 2. The SMILES string of the molecule is Cc1nc(-c2ccc(CCNC(=O)CCCC(=O)c3ccccc3)cc2)cs1. The molecule has 0 aliphatic carbocycles. The fourth-order valence-corrected chi connectivity index (χ4v) is 3.57. The first-order chi connectivity index (χ1) is 13.6. The second-order valence-corrected chi connectivity index (χ2v) is 7.75. The van der Waals surface area contributed by atoms with Crippen molar-refractivity contribution in [3.05, 3.63) is 76.1 Å². The molecule has 2 aromatic carbocycles. The van der Waals surface area contributed by atoms with Gasteiger partial charge < -0.3 is 5.32 Å². The lowest BCUT2D eigenvalue weighted by atomic mass is 10.1. The van der Waals surface area contributed by atoms with Gasteiger partial charge in [-0.2, -0.15) is 0 Å². The fraction of sp³-hybridized carbons (Fsp3) is 0.261. The molecule has 0 bridgehead atoms. The van der Waals surface area contributed by atoms with Gasteiger partial charge in [-0.1, -0.05) is 54.6 Å². The van der Waals surface area contributed by atoms with Crippen LogP contribution in [0.15, 0.2) is 60.0 Å². The zero-order chi connectivity index (χ0) is 19.8. The maximum atomic E-state index is 12.0. The van der Waals surface area contributed by atoms with Gasteiger partial charge in [0.05, 0.1) is 10.7 Å². The molecule has 3 rings (SSSR count). The Labute approximate surface area is 169 Å². The van der Waals surface area contributed by atoms with Crippen LogP contribution in [0.1, 0.15) is 40.2 Å². The van der Waals surface area contributed by atoms with E-state index in [0.717, 1.165) is 22.7 Å². The molecular weight excluding hydrogens is 368 g/mol. The smallest absolute Gasteiger partial charge is 0.220 e. The van der Waals surface area contributed by atoms with E-state index in [1.807, 2.05) is 37.3 Å². The number of hydrogen-bond acceptors (Lipinski definition) is 4. The van der Waals surface area contributed by atoms with E-state index < -0.39 is 0 Å². The Bertz CT molecular complexity index is 917. The van der Waals surface area contributed by atoms with Crippen molar-refractivity contribution in [2.24, 2.45) is 0 Å². The molecule has 4 nitrogen and oxygen atoms in total. The molecule has 0 atom stereocenters. The summed E-state index contributed by atoms with van der Waals surface area (Å²) in [6.45, 7) is 2.60. The highest BCUT2D eigenvalue weighted by molar-refractivity contribution is 7.09. The molecule has 1 aromatic heterocycles. The monoisotopic (exact) mass is 392 g/mol. The van der Waals surface area contributed by atoms with E-state index in [4.69, 9.17) is 0 Å². The Morgan fingerprint density at radius 2 is 1.75 bits per heavy atom. The standard InChI is InChI=1S/C23H24N2O2S/c1-17-25-21(16-28-17)19-12-10-18(11-13-19)14-15-24-23(27)9-5-8-22(26)20-6-3-2-4-7-20/h2-4,6-7,10-13,16H,5,8-9,14-15H2,1H3,(H,24,27). The predicted octanol–water partition coefficient (Wildman–Crippen LogP) is 4.83. The topological polar surface area (TPSA) is 59.1 Å². The normalized spacial score (nSPS) is 10.6. The number of amides is 1. The zero-order valence-electron chi connectivity index (χ0n) is 16.0. The maximum absolute atomic E-state index is 12.0. The Balaban J connectivity index is 1.35. The van der Waals surface area contributed by atoms with E-state index in [0.29, 0.717) is 31.4 Å². The van der Waals surface area contributed by atoms with Gasteiger partial charge in [0.2, 0.25) is 5.91 Å². The number of benzene rings is 2. The second kappa shape index (κ2) is 9.95. The van der Waals surface area contributed by atoms with Crippen LogP contribution in [-0.2, 0) is 11.2 Å². The number of nitrogens with zero attached hydrogens (tertiary/aromatic N) is 1. The summed E-state index contributed by atoms with van der Waals surface area (Å²) in [5, 5.41) is 6.06. The van der Waals surface area contributed by atoms with Crippen LogP contribution in [0.5, 0.6) is 0 Å². The molecule has 0 fully saturated rings. The van der Waals surface area contributed by atoms with E-state index in [1.165, 1.54) is 5.56 Å². The predicted molar refractivity (Wildman–Crippen MR) is 114 cm³/mol. The molecule has 1 amide bonds. The molecule has 0 spiro atoms. The fourth-order valence-electron chi connectivity index (χ4n) is 2.95. The van der Waals surface area contributed by atoms with Crippen molar-refractivity contribution >= 4 is 23.0 Å². The van der Waals surface area contributed by atoms with E-state index in [1.54, 1.807) is 11.3 Å². The van der Waals surface area contributed by atoms with Crippen molar-refractivity contribution in [2.75, 3.05) is 6.54 Å². The van der Waals surface area contributed by atoms with Crippen LogP contribution in [0.25, 0.3) is 11.3 Å². The van der Waals surface area contributed by atoms with Crippen LogP contribution in [0.3, 0.4) is 0 Å². The van der Waals surface area contributed by atoms with Crippen molar-refractivity contribution in [3.8, 4) is 11.3 Å². The molecule has 5 heteroatoms. The van der Waals surface area contributed by atoms with Gasteiger partial charge in [0.1, 0.15) is 0 Å². The molecule has 0 unspecified atom stereocenters. The van der Waals surface area contributed by atoms with E-state index >= 15 is 0 Å². The first-order valence-corrected chi connectivity index (χ1v) is 10.4. The Hall–Kier alpha value is -2.79. The van der Waals surface area contributed by atoms with Crippen molar-refractivity contribution in [1.82, 2.24) is 10.3 Å². The highest BCUT2D eigenvalue weighted by atomic mass is 32.1. The van der Waals surface area contributed by atoms with Crippen molar-refractivity contribution < 1.29 is 9.59 Å². The Kier molecular flexibility index (Phi) is 7.09. The van der Waals surface area contributed by atoms with Gasteiger partial charge in [0, 0.05) is 35.9 Å². The summed E-state index contributed by atoms with van der Waals surface area (Å²) in [4.78, 5) is 28.5. The number of Topliss-reactive ketones (excluding diaryl/α,β-unsaturated/α-hetero) is 1. The lowest BCUT2D eigenvalue weighted by Crippen LogP contribution is -2.25. The average molecular weight is 393 g/mol. The van der Waals surface area contributed by atoms with Gasteiger partial charge in [-0.3, -0.25) is 9.59 Å². The third-order valence-electron chi connectivity index (χ3n) is 4.51. The van der Waals surface area contributed by atoms with Gasteiger partial charge >= 0.3 is 0 Å². The van der Waals surface area contributed by atoms with Crippen molar-refractivity contribution in [1.29, 1.82) is 0 Å². The summed E-state index contributed by atoms with van der Waals surface area (Å²) < 4.78 is 0. The Morgan fingerprint density at radius 3 is 2.43 bits per heavy atom. The molecular formula is C23H24N2O2S. The summed E-state index contributed by atoms with van der Waals surface area (Å²) in [6.07, 6.45) is 2.13. The number of ketones is 1. The van der Waals surface area contributed by atoms with Crippen molar-refractivity contribution in [2.45, 2.75) is 32.6 Å². The van der Waals surface area contributed by atoms with Crippen molar-refractivity contribution in [3.63, 3.8) is 0 Å². The average Bonchev–Trinajstić information content (AvgIpc) is 3.15. The molecule has 0 saturated carbocycles. The number of aryl methyl sites for hydroxylation is 1. The maximum Gasteiger partial charge on any atom is 0.220 e. The number of carbonyl (C=O) groups excluding carboxylic acids is 2. The number of nitrogens with one attached hydrogen (secondary N) is 1. The molecule has 0 radical (unpaired) electrons. The van der Waals surface area contributed by atoms with E-state index in [2.05, 4.69) is 39.9 Å². The van der Waals surface area contributed by atoms with Crippen LogP contribution < -0.4 is 5.32 Å². The second-order valence-electron chi connectivity index (χ2n) is 6.69. The van der Waals surface area contributed by atoms with Crippen LogP contribution >= 0.6 is 11.3 Å². The first kappa shape index (κ1) is 20.0. The molecule has 144 valence electrons. The quantitative estimate of drug-likeness (QED) is 0.531. The van der Waals surface area contributed by atoms with Gasteiger partial charge in [-0.25, -0.2) is 4.98 Å². The lowest BCUT2D eigenvalue weighted by Gasteiger charge is -2.06. The number of thiazole rings is 1. The van der Waals surface area contributed by atoms with Gasteiger partial charge in [0.25, 0.3) is 0 Å². The molecule has 1 N–H and O–H groups in total. The lowest BCUT2D eigenvalue weighted by molar-refractivity contribution is -0.121. The van der Waals surface area contributed by atoms with Crippen LogP contribution in [0, 0.1) is 6.92 Å². The highest BCUT2D eigenvalue weighted by Gasteiger charge is 2.07. The van der Waals surface area contributed by atoms with Crippen LogP contribution in [0.4, 0.5) is 0 Å². The van der Waals surface area contributed by atoms with Crippen LogP contribution in [0.2, 0.25) is 0 Å². The molecule has 0 aliphatic heterocycles. The number of hydrogen-bond donors (Lipinski definition) is 1. The summed E-state index contributed by atoms with van der Waals surface area (Å²) in [5.41, 5.74) is 4.00. The van der Waals surface area contributed by atoms with Gasteiger partial charge in [-0.15, -0.1) is 11.3 Å². The van der Waals surface area contributed by atoms with E-state index in [9.17, 15) is 9.59 Å². The minimum Gasteiger partial charge on any atom is -0.356 e. The number of aromatic nitrogens is 1. The van der Waals surface area contributed by atoms with Gasteiger partial charge in [0.15, 0.2) is 5.78 Å². The highest BCUT2D eigenvalue weighted by Crippen LogP contribution is 2.21.